The summed E-state index contributed by atoms with van der Waals surface area (Å²) in [4.78, 5) is 24.1. The van der Waals surface area contributed by atoms with Crippen LogP contribution in [0.25, 0.3) is 0 Å². The molecule has 0 heterocycles. The molecule has 24 heavy (non-hydrogen) atoms. The summed E-state index contributed by atoms with van der Waals surface area (Å²) in [5.74, 6) is -0.598. The van der Waals surface area contributed by atoms with Crippen LogP contribution in [0.4, 0.5) is 0 Å². The van der Waals surface area contributed by atoms with Crippen LogP contribution in [0.3, 0.4) is 0 Å². The highest BCUT2D eigenvalue weighted by molar-refractivity contribution is 6.31. The van der Waals surface area contributed by atoms with Gasteiger partial charge >= 0.3 is 0 Å². The molecule has 2 N–H and O–H groups in total. The highest BCUT2D eigenvalue weighted by Crippen LogP contribution is 2.19. The molecular weight excluding hydrogens is 347 g/mol. The summed E-state index contributed by atoms with van der Waals surface area (Å²) in [6.45, 7) is 1.87. The Balaban J connectivity index is 1.89. The smallest absolute Gasteiger partial charge is 0.251 e. The van der Waals surface area contributed by atoms with Crippen molar-refractivity contribution in [2.75, 3.05) is 6.54 Å². The Morgan fingerprint density at radius 2 is 1.75 bits per heavy atom. The third-order valence-electron chi connectivity index (χ3n) is 3.51. The van der Waals surface area contributed by atoms with E-state index < -0.39 is 0 Å². The van der Waals surface area contributed by atoms with Crippen LogP contribution in [-0.2, 0) is 4.79 Å². The number of carbonyl (C=O) groups is 2. The van der Waals surface area contributed by atoms with E-state index in [0.29, 0.717) is 15.6 Å². The zero-order valence-electron chi connectivity index (χ0n) is 13.2. The van der Waals surface area contributed by atoms with Gasteiger partial charge in [-0.3, -0.25) is 9.59 Å². The fraction of sp³-hybridized carbons (Fsp3) is 0.222. The molecule has 1 unspecified atom stereocenters. The minimum absolute atomic E-state index is 0.102. The van der Waals surface area contributed by atoms with Crippen LogP contribution in [0.2, 0.25) is 10.0 Å². The van der Waals surface area contributed by atoms with Crippen LogP contribution in [-0.4, -0.2) is 18.4 Å². The lowest BCUT2D eigenvalue weighted by molar-refractivity contribution is -0.120. The van der Waals surface area contributed by atoms with Crippen molar-refractivity contribution in [1.82, 2.24) is 10.6 Å². The van der Waals surface area contributed by atoms with Crippen molar-refractivity contribution in [2.24, 2.45) is 0 Å². The van der Waals surface area contributed by atoms with Crippen LogP contribution in [0.15, 0.2) is 48.5 Å². The number of nitrogens with one attached hydrogen (secondary N) is 2. The average molecular weight is 365 g/mol. The first-order chi connectivity index (χ1) is 11.5. The lowest BCUT2D eigenvalue weighted by atomic mass is 10.0. The Labute approximate surface area is 151 Å². The molecule has 2 aromatic rings. The van der Waals surface area contributed by atoms with Crippen LogP contribution in [0.1, 0.15) is 35.3 Å². The molecule has 2 aromatic carbocycles. The summed E-state index contributed by atoms with van der Waals surface area (Å²) in [6, 6.07) is 13.8. The molecule has 0 aromatic heterocycles. The normalized spacial score (nSPS) is 11.6. The monoisotopic (exact) mass is 364 g/mol. The molecule has 2 rings (SSSR count). The average Bonchev–Trinajstić information content (AvgIpc) is 2.58. The SMILES string of the molecule is CCC(NC(=O)CNC(=O)c1cccc(Cl)c1)c1ccc(Cl)cc1. The van der Waals surface area contributed by atoms with Crippen molar-refractivity contribution in [3.8, 4) is 0 Å². The molecule has 0 saturated heterocycles. The van der Waals surface area contributed by atoms with Crippen molar-refractivity contribution in [2.45, 2.75) is 19.4 Å². The standard InChI is InChI=1S/C18H18Cl2N2O2/c1-2-16(12-6-8-14(19)9-7-12)22-17(23)11-21-18(24)13-4-3-5-15(20)10-13/h3-10,16H,2,11H2,1H3,(H,21,24)(H,22,23). The molecule has 2 amide bonds. The van der Waals surface area contributed by atoms with Gasteiger partial charge in [0, 0.05) is 15.6 Å². The molecule has 126 valence electrons. The summed E-state index contributed by atoms with van der Waals surface area (Å²) in [5.41, 5.74) is 1.39. The second-order valence-electron chi connectivity index (χ2n) is 5.27. The Morgan fingerprint density at radius 1 is 1.04 bits per heavy atom. The van der Waals surface area contributed by atoms with Crippen LogP contribution in [0.5, 0.6) is 0 Å². The molecule has 0 aliphatic heterocycles. The minimum Gasteiger partial charge on any atom is -0.348 e. The summed E-state index contributed by atoms with van der Waals surface area (Å²) in [5, 5.41) is 6.60. The number of amides is 2. The maximum atomic E-state index is 12.1. The van der Waals surface area contributed by atoms with Gasteiger partial charge in [-0.2, -0.15) is 0 Å². The molecule has 4 nitrogen and oxygen atoms in total. The van der Waals surface area contributed by atoms with Crippen molar-refractivity contribution in [3.63, 3.8) is 0 Å². The van der Waals surface area contributed by atoms with Gasteiger partial charge in [0.2, 0.25) is 5.91 Å². The number of benzene rings is 2. The second-order valence-corrected chi connectivity index (χ2v) is 6.15. The van der Waals surface area contributed by atoms with E-state index in [2.05, 4.69) is 10.6 Å². The maximum Gasteiger partial charge on any atom is 0.251 e. The molecule has 0 saturated carbocycles. The quantitative estimate of drug-likeness (QED) is 0.813. The van der Waals surface area contributed by atoms with Crippen molar-refractivity contribution in [3.05, 3.63) is 69.7 Å². The zero-order valence-corrected chi connectivity index (χ0v) is 14.7. The van der Waals surface area contributed by atoms with Gasteiger partial charge < -0.3 is 10.6 Å². The number of halogens is 2. The van der Waals surface area contributed by atoms with Crippen molar-refractivity contribution < 1.29 is 9.59 Å². The summed E-state index contributed by atoms with van der Waals surface area (Å²) >= 11 is 11.7. The number of hydrogen-bond acceptors (Lipinski definition) is 2. The molecule has 1 atom stereocenters. The molecular formula is C18H18Cl2N2O2. The molecule has 0 aliphatic rings. The number of rotatable bonds is 6. The van der Waals surface area contributed by atoms with Gasteiger partial charge in [-0.25, -0.2) is 0 Å². The first-order valence-electron chi connectivity index (χ1n) is 7.58. The lowest BCUT2D eigenvalue weighted by Crippen LogP contribution is -2.38. The number of carbonyl (C=O) groups excluding carboxylic acids is 2. The Hall–Kier alpha value is -2.04. The Morgan fingerprint density at radius 3 is 2.38 bits per heavy atom. The molecule has 0 fully saturated rings. The lowest BCUT2D eigenvalue weighted by Gasteiger charge is -2.18. The van der Waals surface area contributed by atoms with Crippen molar-refractivity contribution >= 4 is 35.0 Å². The van der Waals surface area contributed by atoms with E-state index in [9.17, 15) is 9.59 Å². The molecule has 0 radical (unpaired) electrons. The fourth-order valence-corrected chi connectivity index (χ4v) is 2.57. The highest BCUT2D eigenvalue weighted by Gasteiger charge is 2.14. The summed E-state index contributed by atoms with van der Waals surface area (Å²) < 4.78 is 0. The van der Waals surface area contributed by atoms with Crippen LogP contribution >= 0.6 is 23.2 Å². The van der Waals surface area contributed by atoms with Crippen LogP contribution < -0.4 is 10.6 Å². The van der Waals surface area contributed by atoms with E-state index in [-0.39, 0.29) is 24.4 Å². The predicted molar refractivity (Wildman–Crippen MR) is 96.4 cm³/mol. The molecule has 0 spiro atoms. The van der Waals surface area contributed by atoms with Gasteiger partial charge in [0.1, 0.15) is 0 Å². The van der Waals surface area contributed by atoms with Gasteiger partial charge in [-0.15, -0.1) is 0 Å². The molecule has 6 heteroatoms. The van der Waals surface area contributed by atoms with E-state index in [4.69, 9.17) is 23.2 Å². The van der Waals surface area contributed by atoms with Gasteiger partial charge in [-0.05, 0) is 42.3 Å². The summed E-state index contributed by atoms with van der Waals surface area (Å²) in [7, 11) is 0. The zero-order chi connectivity index (χ0) is 17.5. The third-order valence-corrected chi connectivity index (χ3v) is 4.00. The van der Waals surface area contributed by atoms with E-state index in [1.54, 1.807) is 36.4 Å². The van der Waals surface area contributed by atoms with E-state index >= 15 is 0 Å². The second kappa shape index (κ2) is 8.71. The van der Waals surface area contributed by atoms with Crippen LogP contribution in [0, 0.1) is 0 Å². The number of hydrogen-bond donors (Lipinski definition) is 2. The van der Waals surface area contributed by atoms with Gasteiger partial charge in [0.25, 0.3) is 5.91 Å². The van der Waals surface area contributed by atoms with E-state index in [0.717, 1.165) is 12.0 Å². The largest absolute Gasteiger partial charge is 0.348 e. The first-order valence-corrected chi connectivity index (χ1v) is 8.33. The summed E-state index contributed by atoms with van der Waals surface area (Å²) in [6.07, 6.45) is 0.732. The maximum absolute atomic E-state index is 12.1. The van der Waals surface area contributed by atoms with Crippen molar-refractivity contribution in [1.29, 1.82) is 0 Å². The van der Waals surface area contributed by atoms with Gasteiger partial charge in [-0.1, -0.05) is 48.3 Å². The first kappa shape index (κ1) is 18.3. The van der Waals surface area contributed by atoms with E-state index in [1.807, 2.05) is 19.1 Å². The predicted octanol–water partition coefficient (Wildman–Crippen LogP) is 3.99. The molecule has 0 aliphatic carbocycles. The molecule has 0 bridgehead atoms. The minimum atomic E-state index is -0.341. The van der Waals surface area contributed by atoms with Gasteiger partial charge in [0.15, 0.2) is 0 Å². The van der Waals surface area contributed by atoms with E-state index in [1.165, 1.54) is 0 Å². The highest BCUT2D eigenvalue weighted by atomic mass is 35.5. The Kier molecular flexibility index (Phi) is 6.64. The fourth-order valence-electron chi connectivity index (χ4n) is 2.25. The third kappa shape index (κ3) is 5.25. The van der Waals surface area contributed by atoms with Gasteiger partial charge in [0.05, 0.1) is 12.6 Å². The topological polar surface area (TPSA) is 58.2 Å². The Bertz CT molecular complexity index is 717.